The highest BCUT2D eigenvalue weighted by Gasteiger charge is 2.27. The lowest BCUT2D eigenvalue weighted by atomic mass is 9.78. The van der Waals surface area contributed by atoms with Gasteiger partial charge in [-0.25, -0.2) is 4.98 Å². The molecule has 0 bridgehead atoms. The number of oxazole rings is 1. The Balaban J connectivity index is 0.000000638. The van der Waals surface area contributed by atoms with Gasteiger partial charge >= 0.3 is 0 Å². The van der Waals surface area contributed by atoms with Crippen LogP contribution in [0.5, 0.6) is 11.5 Å². The number of carbonyl (C=O) groups excluding carboxylic acids is 1. The normalized spacial score (nSPS) is 11.5. The van der Waals surface area contributed by atoms with Gasteiger partial charge in [-0.2, -0.15) is 0 Å². The third-order valence-electron chi connectivity index (χ3n) is 6.18. The molecule has 1 amide bonds. The number of ether oxygens (including phenoxy) is 1. The highest BCUT2D eigenvalue weighted by atomic mass is 16.5. The number of nitrogens with one attached hydrogen (secondary N) is 1. The average molecular weight is 523 g/mol. The predicted octanol–water partition coefficient (Wildman–Crippen LogP) is 7.36. The number of phenolic OH excluding ortho intramolecular Hbond substituents is 1. The lowest BCUT2D eigenvalue weighted by molar-refractivity contribution is -0.120. The van der Waals surface area contributed by atoms with Crippen LogP contribution in [-0.4, -0.2) is 29.1 Å². The van der Waals surface area contributed by atoms with Crippen LogP contribution in [0.4, 0.5) is 0 Å². The number of nitrogens with zero attached hydrogens (tertiary/aromatic N) is 1. The number of amides is 1. The number of hydrogen-bond acceptors (Lipinski definition) is 5. The van der Waals surface area contributed by atoms with Crippen molar-refractivity contribution < 1.29 is 19.1 Å². The minimum atomic E-state index is -0.198. The molecule has 0 fully saturated rings. The largest absolute Gasteiger partial charge is 0.507 e. The van der Waals surface area contributed by atoms with E-state index >= 15 is 0 Å². The molecule has 0 aliphatic rings. The molecule has 2 aromatic carbocycles. The molecule has 3 rings (SSSR count). The fourth-order valence-corrected chi connectivity index (χ4v) is 3.87. The van der Waals surface area contributed by atoms with Gasteiger partial charge in [-0.3, -0.25) is 4.79 Å². The molecule has 0 radical (unpaired) electrons. The summed E-state index contributed by atoms with van der Waals surface area (Å²) in [6.45, 7) is 19.8. The predicted molar refractivity (Wildman–Crippen MR) is 155 cm³/mol. The van der Waals surface area contributed by atoms with E-state index in [1.54, 1.807) is 6.26 Å². The van der Waals surface area contributed by atoms with Gasteiger partial charge in [0.05, 0.1) is 12.3 Å². The van der Waals surface area contributed by atoms with Crippen molar-refractivity contribution in [2.75, 3.05) is 13.2 Å². The summed E-state index contributed by atoms with van der Waals surface area (Å²) >= 11 is 0. The summed E-state index contributed by atoms with van der Waals surface area (Å²) in [5.41, 5.74) is 4.43. The van der Waals surface area contributed by atoms with Crippen molar-refractivity contribution in [3.8, 4) is 23.0 Å². The molecule has 0 saturated carbocycles. The van der Waals surface area contributed by atoms with Crippen LogP contribution >= 0.6 is 0 Å². The van der Waals surface area contributed by atoms with Crippen LogP contribution in [0.1, 0.15) is 91.1 Å². The molecule has 0 spiro atoms. The SMILES string of the molecule is CCNC(=O)CC.CCc1ccc(OCCc2coc(-c3cc(C(C)(C)C)c(O)c(C(C)(C)C)c3)n2)cc1. The van der Waals surface area contributed by atoms with Crippen molar-refractivity contribution in [1.82, 2.24) is 10.3 Å². The van der Waals surface area contributed by atoms with E-state index in [0.29, 0.717) is 31.1 Å². The van der Waals surface area contributed by atoms with Gasteiger partial charge in [-0.1, -0.05) is 67.5 Å². The molecule has 0 aliphatic carbocycles. The van der Waals surface area contributed by atoms with Crippen molar-refractivity contribution in [2.24, 2.45) is 0 Å². The van der Waals surface area contributed by atoms with Crippen LogP contribution in [0.15, 0.2) is 47.1 Å². The second-order valence-corrected chi connectivity index (χ2v) is 11.5. The topological polar surface area (TPSA) is 84.6 Å². The Morgan fingerprint density at radius 2 is 1.55 bits per heavy atom. The first-order valence-electron chi connectivity index (χ1n) is 13.6. The van der Waals surface area contributed by atoms with Crippen LogP contribution in [0.3, 0.4) is 0 Å². The fourth-order valence-electron chi connectivity index (χ4n) is 3.87. The minimum Gasteiger partial charge on any atom is -0.507 e. The maximum absolute atomic E-state index is 10.9. The molecule has 0 unspecified atom stereocenters. The van der Waals surface area contributed by atoms with Gasteiger partial charge in [0.2, 0.25) is 11.8 Å². The van der Waals surface area contributed by atoms with Crippen LogP contribution in [0.2, 0.25) is 0 Å². The maximum atomic E-state index is 10.9. The summed E-state index contributed by atoms with van der Waals surface area (Å²) in [5.74, 6) is 1.92. The Kier molecular flexibility index (Phi) is 11.0. The second-order valence-electron chi connectivity index (χ2n) is 11.5. The fraction of sp³-hybridized carbons (Fsp3) is 0.500. The molecule has 2 N–H and O–H groups in total. The molecule has 6 heteroatoms. The zero-order chi connectivity index (χ0) is 28.5. The first-order valence-corrected chi connectivity index (χ1v) is 13.6. The van der Waals surface area contributed by atoms with Gasteiger partial charge in [0.1, 0.15) is 17.8 Å². The average Bonchev–Trinajstić information content (AvgIpc) is 3.32. The second kappa shape index (κ2) is 13.5. The number of benzene rings is 2. The lowest BCUT2D eigenvalue weighted by Crippen LogP contribution is -2.20. The first kappa shape index (κ1) is 30.9. The highest BCUT2D eigenvalue weighted by Crippen LogP contribution is 2.41. The van der Waals surface area contributed by atoms with Crippen LogP contribution in [0, 0.1) is 0 Å². The molecular formula is C32H46N2O4. The van der Waals surface area contributed by atoms with E-state index < -0.39 is 0 Å². The van der Waals surface area contributed by atoms with Crippen molar-refractivity contribution in [1.29, 1.82) is 0 Å². The van der Waals surface area contributed by atoms with Gasteiger partial charge in [0.15, 0.2) is 0 Å². The summed E-state index contributed by atoms with van der Waals surface area (Å²) in [4.78, 5) is 15.0. The summed E-state index contributed by atoms with van der Waals surface area (Å²) < 4.78 is 11.7. The Labute approximate surface area is 228 Å². The summed E-state index contributed by atoms with van der Waals surface area (Å²) in [5, 5.41) is 13.6. The number of rotatable bonds is 8. The van der Waals surface area contributed by atoms with Gasteiger partial charge in [-0.05, 0) is 54.0 Å². The molecule has 3 aromatic rings. The van der Waals surface area contributed by atoms with E-state index in [2.05, 4.69) is 70.9 Å². The van der Waals surface area contributed by atoms with Crippen LogP contribution in [-0.2, 0) is 28.5 Å². The third kappa shape index (κ3) is 8.93. The Morgan fingerprint density at radius 1 is 0.974 bits per heavy atom. The number of carbonyl (C=O) groups is 1. The van der Waals surface area contributed by atoms with E-state index in [0.717, 1.165) is 41.1 Å². The molecule has 0 saturated heterocycles. The number of hydrogen-bond donors (Lipinski definition) is 2. The van der Waals surface area contributed by atoms with Gasteiger partial charge in [-0.15, -0.1) is 0 Å². The van der Waals surface area contributed by atoms with Crippen molar-refractivity contribution in [3.05, 3.63) is 65.0 Å². The molecule has 1 heterocycles. The molecular weight excluding hydrogens is 476 g/mol. The minimum absolute atomic E-state index is 0.127. The summed E-state index contributed by atoms with van der Waals surface area (Å²) in [7, 11) is 0. The van der Waals surface area contributed by atoms with Crippen LogP contribution < -0.4 is 10.1 Å². The highest BCUT2D eigenvalue weighted by molar-refractivity contribution is 5.75. The van der Waals surface area contributed by atoms with Gasteiger partial charge in [0, 0.05) is 36.1 Å². The van der Waals surface area contributed by atoms with Crippen molar-refractivity contribution >= 4 is 5.91 Å². The smallest absolute Gasteiger partial charge is 0.226 e. The summed E-state index contributed by atoms with van der Waals surface area (Å²) in [6, 6.07) is 12.2. The van der Waals surface area contributed by atoms with E-state index in [1.165, 1.54) is 5.56 Å². The Hall–Kier alpha value is -3.28. The number of aromatic hydroxyl groups is 1. The van der Waals surface area contributed by atoms with E-state index in [-0.39, 0.29) is 16.7 Å². The monoisotopic (exact) mass is 522 g/mol. The zero-order valence-electron chi connectivity index (χ0n) is 24.7. The number of aromatic nitrogens is 1. The van der Waals surface area contributed by atoms with Crippen molar-refractivity contribution in [3.63, 3.8) is 0 Å². The van der Waals surface area contributed by atoms with E-state index in [4.69, 9.17) is 9.15 Å². The quantitative estimate of drug-likeness (QED) is 0.323. The zero-order valence-corrected chi connectivity index (χ0v) is 24.7. The molecule has 38 heavy (non-hydrogen) atoms. The van der Waals surface area contributed by atoms with Crippen molar-refractivity contribution in [2.45, 2.75) is 92.4 Å². The third-order valence-corrected chi connectivity index (χ3v) is 6.18. The standard InChI is InChI=1S/C27H35NO3.C5H11NO/c1-8-18-9-11-21(12-10-18)30-14-13-20-17-31-25(28-20)19-15-22(26(2,3)4)24(29)23(16-19)27(5,6)7;1-3-5(7)6-4-2/h9-12,15-17,29H,8,13-14H2,1-7H3;3-4H2,1-2H3,(H,6,7). The molecule has 0 aliphatic heterocycles. The van der Waals surface area contributed by atoms with Gasteiger partial charge < -0.3 is 19.6 Å². The maximum Gasteiger partial charge on any atom is 0.226 e. The Bertz CT molecular complexity index is 1130. The van der Waals surface area contributed by atoms with E-state index in [9.17, 15) is 9.90 Å². The molecule has 6 nitrogen and oxygen atoms in total. The first-order chi connectivity index (χ1) is 17.8. The van der Waals surface area contributed by atoms with Gasteiger partial charge in [0.25, 0.3) is 0 Å². The van der Waals surface area contributed by atoms with E-state index in [1.807, 2.05) is 38.1 Å². The molecule has 1 aromatic heterocycles. The Morgan fingerprint density at radius 3 is 2.00 bits per heavy atom. The summed E-state index contributed by atoms with van der Waals surface area (Å²) in [6.07, 6.45) is 3.97. The number of phenols is 1. The lowest BCUT2D eigenvalue weighted by Gasteiger charge is -2.27. The van der Waals surface area contributed by atoms with Crippen LogP contribution in [0.25, 0.3) is 11.5 Å². The molecule has 208 valence electrons. The molecule has 0 atom stereocenters. The number of aryl methyl sites for hydroxylation is 1.